The van der Waals surface area contributed by atoms with Crippen molar-refractivity contribution in [3.05, 3.63) is 83.9 Å². The van der Waals surface area contributed by atoms with Gasteiger partial charge in [0.1, 0.15) is 24.1 Å². The Hall–Kier alpha value is -4.05. The van der Waals surface area contributed by atoms with Crippen molar-refractivity contribution in [1.82, 2.24) is 10.2 Å². The molecular formula is C35H45N3O6S. The number of benzene rings is 3. The summed E-state index contributed by atoms with van der Waals surface area (Å²) in [6.07, 6.45) is 6.00. The fourth-order valence-corrected chi connectivity index (χ4v) is 7.20. The average Bonchev–Trinajstić information content (AvgIpc) is 3.06. The largest absolute Gasteiger partial charge is 0.497 e. The van der Waals surface area contributed by atoms with E-state index in [-0.39, 0.29) is 34.8 Å². The summed E-state index contributed by atoms with van der Waals surface area (Å²) in [5, 5.41) is 3.18. The highest BCUT2D eigenvalue weighted by Gasteiger charge is 2.35. The van der Waals surface area contributed by atoms with Crippen LogP contribution in [-0.2, 0) is 26.0 Å². The molecule has 9 nitrogen and oxygen atoms in total. The summed E-state index contributed by atoms with van der Waals surface area (Å²) in [5.41, 5.74) is 2.07. The van der Waals surface area contributed by atoms with Gasteiger partial charge in [-0.2, -0.15) is 0 Å². The Morgan fingerprint density at radius 3 is 2.24 bits per heavy atom. The molecular weight excluding hydrogens is 590 g/mol. The summed E-state index contributed by atoms with van der Waals surface area (Å²) in [6, 6.07) is 20.3. The number of hydrogen-bond acceptors (Lipinski definition) is 6. The summed E-state index contributed by atoms with van der Waals surface area (Å²) < 4.78 is 40.6. The molecule has 0 unspecified atom stereocenters. The van der Waals surface area contributed by atoms with Crippen LogP contribution in [0, 0.1) is 6.92 Å². The predicted molar refractivity (Wildman–Crippen MR) is 176 cm³/mol. The van der Waals surface area contributed by atoms with Gasteiger partial charge in [-0.1, -0.05) is 74.2 Å². The lowest BCUT2D eigenvalue weighted by molar-refractivity contribution is -0.140. The molecule has 0 spiro atoms. The molecule has 0 saturated heterocycles. The van der Waals surface area contributed by atoms with Crippen molar-refractivity contribution in [1.29, 1.82) is 0 Å². The van der Waals surface area contributed by atoms with Gasteiger partial charge < -0.3 is 19.7 Å². The smallest absolute Gasteiger partial charge is 0.264 e. The molecule has 0 heterocycles. The standard InChI is InChI=1S/C35H45N3O6S/c1-5-31(35(40)36-28-14-10-7-11-15-28)37(23-22-27-12-8-6-9-13-27)34(39)25-38(32-24-29(43-3)18-21-33(32)44-4)45(41,42)30-19-16-26(2)17-20-30/h6,8-9,12-13,16-21,24,28,31H,5,7,10-11,14-15,22-23,25H2,1-4H3,(H,36,40)/t31-/m0/s1. The van der Waals surface area contributed by atoms with Crippen LogP contribution < -0.4 is 19.1 Å². The number of anilines is 1. The lowest BCUT2D eigenvalue weighted by atomic mass is 9.95. The van der Waals surface area contributed by atoms with Crippen LogP contribution in [-0.4, -0.2) is 64.5 Å². The average molecular weight is 636 g/mol. The third-order valence-electron chi connectivity index (χ3n) is 8.36. The zero-order chi connectivity index (χ0) is 32.4. The molecule has 0 radical (unpaired) electrons. The van der Waals surface area contributed by atoms with Gasteiger partial charge in [0.15, 0.2) is 0 Å². The zero-order valence-electron chi connectivity index (χ0n) is 26.7. The first-order valence-corrected chi connectivity index (χ1v) is 17.1. The number of sulfonamides is 1. The molecule has 0 aliphatic heterocycles. The fourth-order valence-electron chi connectivity index (χ4n) is 5.78. The summed E-state index contributed by atoms with van der Waals surface area (Å²) in [5.74, 6) is -0.0337. The molecule has 2 amide bonds. The number of rotatable bonds is 14. The Labute approximate surface area is 267 Å². The molecule has 1 fully saturated rings. The van der Waals surface area contributed by atoms with E-state index in [0.717, 1.165) is 47.5 Å². The number of ether oxygens (including phenoxy) is 2. The molecule has 0 aromatic heterocycles. The molecule has 1 saturated carbocycles. The van der Waals surface area contributed by atoms with E-state index < -0.39 is 28.5 Å². The Kier molecular flexibility index (Phi) is 11.9. The first-order chi connectivity index (χ1) is 21.7. The third kappa shape index (κ3) is 8.57. The highest BCUT2D eigenvalue weighted by atomic mass is 32.2. The first kappa shape index (κ1) is 33.8. The van der Waals surface area contributed by atoms with Crippen molar-refractivity contribution in [3.8, 4) is 11.5 Å². The van der Waals surface area contributed by atoms with E-state index in [1.54, 1.807) is 30.3 Å². The maximum absolute atomic E-state index is 14.4. The molecule has 1 aliphatic carbocycles. The number of hydrogen-bond donors (Lipinski definition) is 1. The predicted octanol–water partition coefficient (Wildman–Crippen LogP) is 5.51. The fraction of sp³-hybridized carbons (Fsp3) is 0.429. The van der Waals surface area contributed by atoms with Crippen LogP contribution in [0.15, 0.2) is 77.7 Å². The highest BCUT2D eigenvalue weighted by molar-refractivity contribution is 7.92. The monoisotopic (exact) mass is 635 g/mol. The second-order valence-electron chi connectivity index (χ2n) is 11.5. The van der Waals surface area contributed by atoms with Crippen LogP contribution in [0.5, 0.6) is 11.5 Å². The number of nitrogens with zero attached hydrogens (tertiary/aromatic N) is 2. The number of methoxy groups -OCH3 is 2. The molecule has 4 rings (SSSR count). The molecule has 10 heteroatoms. The van der Waals surface area contributed by atoms with Crippen LogP contribution in [0.1, 0.15) is 56.6 Å². The van der Waals surface area contributed by atoms with E-state index in [1.165, 1.54) is 31.3 Å². The second-order valence-corrected chi connectivity index (χ2v) is 13.3. The van der Waals surface area contributed by atoms with Gasteiger partial charge in [0.2, 0.25) is 11.8 Å². The van der Waals surface area contributed by atoms with Crippen molar-refractivity contribution in [2.24, 2.45) is 0 Å². The minimum atomic E-state index is -4.25. The number of carbonyl (C=O) groups excluding carboxylic acids is 2. The van der Waals surface area contributed by atoms with Gasteiger partial charge in [-0.05, 0) is 62.4 Å². The van der Waals surface area contributed by atoms with Crippen LogP contribution >= 0.6 is 0 Å². The second kappa shape index (κ2) is 15.8. The van der Waals surface area contributed by atoms with E-state index in [4.69, 9.17) is 9.47 Å². The van der Waals surface area contributed by atoms with Gasteiger partial charge >= 0.3 is 0 Å². The van der Waals surface area contributed by atoms with Crippen LogP contribution in [0.3, 0.4) is 0 Å². The van der Waals surface area contributed by atoms with E-state index in [0.29, 0.717) is 18.6 Å². The number of carbonyl (C=O) groups is 2. The van der Waals surface area contributed by atoms with Gasteiger partial charge in [-0.25, -0.2) is 8.42 Å². The molecule has 1 N–H and O–H groups in total. The van der Waals surface area contributed by atoms with Crippen LogP contribution in [0.4, 0.5) is 5.69 Å². The summed E-state index contributed by atoms with van der Waals surface area (Å²) in [7, 11) is -1.32. The first-order valence-electron chi connectivity index (χ1n) is 15.6. The summed E-state index contributed by atoms with van der Waals surface area (Å²) in [6.45, 7) is 3.45. The van der Waals surface area contributed by atoms with Crippen molar-refractivity contribution in [3.63, 3.8) is 0 Å². The lowest BCUT2D eigenvalue weighted by Gasteiger charge is -2.34. The maximum Gasteiger partial charge on any atom is 0.264 e. The molecule has 242 valence electrons. The quantitative estimate of drug-likeness (QED) is 0.251. The van der Waals surface area contributed by atoms with Gasteiger partial charge in [0.25, 0.3) is 10.0 Å². The van der Waals surface area contributed by atoms with Crippen molar-refractivity contribution >= 4 is 27.5 Å². The normalized spacial score (nSPS) is 14.3. The molecule has 0 bridgehead atoms. The van der Waals surface area contributed by atoms with Crippen molar-refractivity contribution in [2.75, 3.05) is 31.6 Å². The third-order valence-corrected chi connectivity index (χ3v) is 10.1. The molecule has 45 heavy (non-hydrogen) atoms. The summed E-state index contributed by atoms with van der Waals surface area (Å²) >= 11 is 0. The Morgan fingerprint density at radius 2 is 1.62 bits per heavy atom. The molecule has 1 aliphatic rings. The maximum atomic E-state index is 14.4. The van der Waals surface area contributed by atoms with Crippen molar-refractivity contribution < 1.29 is 27.5 Å². The lowest BCUT2D eigenvalue weighted by Crippen LogP contribution is -2.54. The minimum absolute atomic E-state index is 0.0312. The van der Waals surface area contributed by atoms with E-state index in [1.807, 2.05) is 44.2 Å². The zero-order valence-corrected chi connectivity index (χ0v) is 27.5. The van der Waals surface area contributed by atoms with Gasteiger partial charge in [0, 0.05) is 18.7 Å². The Bertz CT molecular complexity index is 1520. The Morgan fingerprint density at radius 1 is 0.933 bits per heavy atom. The minimum Gasteiger partial charge on any atom is -0.497 e. The topological polar surface area (TPSA) is 105 Å². The molecule has 3 aromatic carbocycles. The number of amides is 2. The van der Waals surface area contributed by atoms with Crippen molar-refractivity contribution in [2.45, 2.75) is 75.8 Å². The molecule has 3 aromatic rings. The highest BCUT2D eigenvalue weighted by Crippen LogP contribution is 2.36. The number of aryl methyl sites for hydroxylation is 1. The van der Waals surface area contributed by atoms with E-state index >= 15 is 0 Å². The Balaban J connectivity index is 1.73. The van der Waals surface area contributed by atoms with Crippen LogP contribution in [0.2, 0.25) is 0 Å². The summed E-state index contributed by atoms with van der Waals surface area (Å²) in [4.78, 5) is 29.7. The number of nitrogens with one attached hydrogen (secondary N) is 1. The van der Waals surface area contributed by atoms with Gasteiger partial charge in [0.05, 0.1) is 24.8 Å². The van der Waals surface area contributed by atoms with E-state index in [2.05, 4.69) is 5.32 Å². The molecule has 1 atom stereocenters. The van der Waals surface area contributed by atoms with Gasteiger partial charge in [-0.15, -0.1) is 0 Å². The SMILES string of the molecule is CC[C@@H](C(=O)NC1CCCCC1)N(CCc1ccccc1)C(=O)CN(c1cc(OC)ccc1OC)S(=O)(=O)c1ccc(C)cc1. The van der Waals surface area contributed by atoms with E-state index in [9.17, 15) is 18.0 Å². The van der Waals surface area contributed by atoms with Crippen LogP contribution in [0.25, 0.3) is 0 Å². The van der Waals surface area contributed by atoms with Gasteiger partial charge in [-0.3, -0.25) is 13.9 Å².